The fraction of sp³-hybridized carbons (Fsp3) is 0.385. The molecular weight excluding hydrogens is 382 g/mol. The van der Waals surface area contributed by atoms with Crippen molar-refractivity contribution in [1.29, 1.82) is 0 Å². The zero-order chi connectivity index (χ0) is 21.2. The summed E-state index contributed by atoms with van der Waals surface area (Å²) in [5.41, 5.74) is 12.0. The number of aromatic nitrogens is 3. The van der Waals surface area contributed by atoms with Gasteiger partial charge in [-0.15, -0.1) is 0 Å². The molecule has 0 amide bonds. The molecule has 0 radical (unpaired) electrons. The first-order valence-electron chi connectivity index (χ1n) is 11.5. The van der Waals surface area contributed by atoms with Crippen LogP contribution in [-0.2, 0) is 20.0 Å². The first kappa shape index (κ1) is 20.2. The van der Waals surface area contributed by atoms with Crippen LogP contribution in [0.2, 0.25) is 0 Å². The average Bonchev–Trinajstić information content (AvgIpc) is 3.10. The Morgan fingerprint density at radius 2 is 1.97 bits per heavy atom. The van der Waals surface area contributed by atoms with Crippen molar-refractivity contribution in [3.05, 3.63) is 71.8 Å². The minimum atomic E-state index is 0.354. The summed E-state index contributed by atoms with van der Waals surface area (Å²) in [4.78, 5) is 12.3. The molecule has 160 valence electrons. The van der Waals surface area contributed by atoms with Crippen LogP contribution in [0.25, 0.3) is 21.8 Å². The lowest BCUT2D eigenvalue weighted by Crippen LogP contribution is -2.33. The molecule has 5 nitrogen and oxygen atoms in total. The van der Waals surface area contributed by atoms with Gasteiger partial charge in [-0.2, -0.15) is 0 Å². The van der Waals surface area contributed by atoms with Gasteiger partial charge in [0.1, 0.15) is 0 Å². The van der Waals surface area contributed by atoms with Crippen molar-refractivity contribution in [2.24, 2.45) is 12.8 Å². The topological polar surface area (TPSA) is 60.0 Å². The normalized spacial score (nSPS) is 16.3. The van der Waals surface area contributed by atoms with Crippen molar-refractivity contribution in [3.8, 4) is 0 Å². The lowest BCUT2D eigenvalue weighted by atomic mass is 9.90. The molecule has 0 fully saturated rings. The molecule has 3 aromatic heterocycles. The summed E-state index contributed by atoms with van der Waals surface area (Å²) in [6, 6.07) is 15.6. The van der Waals surface area contributed by atoms with Gasteiger partial charge in [-0.25, -0.2) is 0 Å². The van der Waals surface area contributed by atoms with Crippen LogP contribution >= 0.6 is 0 Å². The van der Waals surface area contributed by atoms with Gasteiger partial charge in [-0.05, 0) is 69.0 Å². The molecular formula is C26H31N5. The number of pyridine rings is 2. The van der Waals surface area contributed by atoms with Gasteiger partial charge in [0.2, 0.25) is 0 Å². The number of hydrogen-bond acceptors (Lipinski definition) is 4. The van der Waals surface area contributed by atoms with Gasteiger partial charge in [0.25, 0.3) is 0 Å². The molecule has 0 saturated carbocycles. The zero-order valence-electron chi connectivity index (χ0n) is 18.3. The number of aryl methyl sites for hydroxylation is 2. The summed E-state index contributed by atoms with van der Waals surface area (Å²) in [6.07, 6.45) is 9.64. The lowest BCUT2D eigenvalue weighted by molar-refractivity contribution is 0.161. The predicted molar refractivity (Wildman–Crippen MR) is 127 cm³/mol. The van der Waals surface area contributed by atoms with Crippen LogP contribution in [0.4, 0.5) is 0 Å². The Morgan fingerprint density at radius 3 is 2.87 bits per heavy atom. The summed E-state index contributed by atoms with van der Waals surface area (Å²) in [6.45, 7) is 2.60. The molecule has 0 saturated heterocycles. The van der Waals surface area contributed by atoms with E-state index >= 15 is 0 Å². The number of rotatable bonds is 7. The third-order valence-corrected chi connectivity index (χ3v) is 6.73. The molecule has 0 aliphatic heterocycles. The third-order valence-electron chi connectivity index (χ3n) is 6.73. The van der Waals surface area contributed by atoms with Gasteiger partial charge in [0.05, 0.1) is 29.1 Å². The molecule has 0 unspecified atom stereocenters. The molecule has 5 rings (SSSR count). The standard InChI is InChI=1S/C26H31N5/c1-30-23-11-3-2-10-21(23)22-16-20(29-17-25(22)30)18-31(15-5-4-13-27)24-12-6-8-19-9-7-14-28-26(19)24/h2-3,7,9-11,14,16-17,24H,4-6,8,12-13,15,18,27H2,1H3/t24-/m0/s1. The van der Waals surface area contributed by atoms with Crippen molar-refractivity contribution in [1.82, 2.24) is 19.4 Å². The molecule has 1 aliphatic rings. The molecule has 1 aliphatic carbocycles. The van der Waals surface area contributed by atoms with Crippen LogP contribution in [0.1, 0.15) is 48.7 Å². The van der Waals surface area contributed by atoms with Crippen LogP contribution < -0.4 is 5.73 Å². The number of nitrogens with zero attached hydrogens (tertiary/aromatic N) is 4. The van der Waals surface area contributed by atoms with Gasteiger partial charge in [0.15, 0.2) is 0 Å². The Bertz CT molecular complexity index is 1200. The van der Waals surface area contributed by atoms with Gasteiger partial charge in [-0.1, -0.05) is 24.3 Å². The summed E-state index contributed by atoms with van der Waals surface area (Å²) >= 11 is 0. The summed E-state index contributed by atoms with van der Waals surface area (Å²) < 4.78 is 2.24. The molecule has 1 atom stereocenters. The SMILES string of the molecule is Cn1c2ccccc2c2cc(CN(CCCCN)[C@H]3CCCc4cccnc43)ncc21. The van der Waals surface area contributed by atoms with Crippen LogP contribution in [-0.4, -0.2) is 32.5 Å². The van der Waals surface area contributed by atoms with E-state index in [1.54, 1.807) is 0 Å². The van der Waals surface area contributed by atoms with Gasteiger partial charge < -0.3 is 10.3 Å². The molecule has 4 aromatic rings. The molecule has 5 heteroatoms. The van der Waals surface area contributed by atoms with E-state index in [2.05, 4.69) is 59.0 Å². The first-order valence-corrected chi connectivity index (χ1v) is 11.5. The Morgan fingerprint density at radius 1 is 1.06 bits per heavy atom. The van der Waals surface area contributed by atoms with Crippen molar-refractivity contribution in [3.63, 3.8) is 0 Å². The van der Waals surface area contributed by atoms with Gasteiger partial charge in [-0.3, -0.25) is 14.9 Å². The number of nitrogens with two attached hydrogens (primary N) is 1. The van der Waals surface area contributed by atoms with Gasteiger partial charge in [0, 0.05) is 36.1 Å². The maximum absolute atomic E-state index is 5.79. The van der Waals surface area contributed by atoms with Crippen molar-refractivity contribution >= 4 is 21.8 Å². The highest BCUT2D eigenvalue weighted by Crippen LogP contribution is 2.34. The number of hydrogen-bond donors (Lipinski definition) is 1. The highest BCUT2D eigenvalue weighted by molar-refractivity contribution is 6.07. The largest absolute Gasteiger partial charge is 0.342 e. The van der Waals surface area contributed by atoms with E-state index < -0.39 is 0 Å². The quantitative estimate of drug-likeness (QED) is 0.445. The second-order valence-corrected chi connectivity index (χ2v) is 8.69. The van der Waals surface area contributed by atoms with Gasteiger partial charge >= 0.3 is 0 Å². The number of unbranched alkanes of at least 4 members (excludes halogenated alkanes) is 1. The fourth-order valence-electron chi connectivity index (χ4n) is 5.14. The first-order chi connectivity index (χ1) is 15.3. The second-order valence-electron chi connectivity index (χ2n) is 8.69. The number of para-hydroxylation sites is 1. The molecule has 0 bridgehead atoms. The Labute approximate surface area is 183 Å². The Hall–Kier alpha value is -2.76. The van der Waals surface area contributed by atoms with E-state index in [9.17, 15) is 0 Å². The second kappa shape index (κ2) is 8.77. The lowest BCUT2D eigenvalue weighted by Gasteiger charge is -2.35. The Kier molecular flexibility index (Phi) is 5.70. The van der Waals surface area contributed by atoms with E-state index in [1.165, 1.54) is 39.5 Å². The van der Waals surface area contributed by atoms with E-state index in [0.29, 0.717) is 6.04 Å². The van der Waals surface area contributed by atoms with E-state index in [4.69, 9.17) is 15.7 Å². The summed E-state index contributed by atoms with van der Waals surface area (Å²) in [5.74, 6) is 0. The van der Waals surface area contributed by atoms with Crippen LogP contribution in [0.15, 0.2) is 54.9 Å². The minimum Gasteiger partial charge on any atom is -0.342 e. The minimum absolute atomic E-state index is 0.354. The van der Waals surface area contributed by atoms with Crippen LogP contribution in [0.5, 0.6) is 0 Å². The number of fused-ring (bicyclic) bond motifs is 4. The fourth-order valence-corrected chi connectivity index (χ4v) is 5.14. The predicted octanol–water partition coefficient (Wildman–Crippen LogP) is 4.74. The summed E-state index contributed by atoms with van der Waals surface area (Å²) in [5, 5.41) is 2.58. The zero-order valence-corrected chi connectivity index (χ0v) is 18.3. The van der Waals surface area contributed by atoms with E-state index in [-0.39, 0.29) is 0 Å². The summed E-state index contributed by atoms with van der Waals surface area (Å²) in [7, 11) is 2.12. The van der Waals surface area contributed by atoms with Crippen molar-refractivity contribution in [2.75, 3.05) is 13.1 Å². The maximum atomic E-state index is 5.79. The smallest absolute Gasteiger partial charge is 0.0675 e. The van der Waals surface area contributed by atoms with Crippen molar-refractivity contribution < 1.29 is 0 Å². The monoisotopic (exact) mass is 413 g/mol. The molecule has 3 heterocycles. The number of benzene rings is 1. The molecule has 2 N–H and O–H groups in total. The average molecular weight is 414 g/mol. The van der Waals surface area contributed by atoms with E-state index in [0.717, 1.165) is 51.0 Å². The third kappa shape index (κ3) is 3.84. The van der Waals surface area contributed by atoms with Crippen LogP contribution in [0.3, 0.4) is 0 Å². The van der Waals surface area contributed by atoms with Crippen LogP contribution in [0, 0.1) is 0 Å². The highest BCUT2D eigenvalue weighted by Gasteiger charge is 2.27. The van der Waals surface area contributed by atoms with Crippen molar-refractivity contribution in [2.45, 2.75) is 44.7 Å². The molecule has 1 aromatic carbocycles. The van der Waals surface area contributed by atoms with E-state index in [1.807, 2.05) is 12.4 Å². The maximum Gasteiger partial charge on any atom is 0.0675 e. The highest BCUT2D eigenvalue weighted by atomic mass is 15.2. The molecule has 0 spiro atoms. The Balaban J connectivity index is 1.49. The molecule has 31 heavy (non-hydrogen) atoms.